The molecule has 108 valence electrons. The highest BCUT2D eigenvalue weighted by molar-refractivity contribution is 9.10. The summed E-state index contributed by atoms with van der Waals surface area (Å²) in [4.78, 5) is 4.41. The number of hydrogen-bond acceptors (Lipinski definition) is 2. The Kier molecular flexibility index (Phi) is 5.31. The van der Waals surface area contributed by atoms with Crippen LogP contribution in [0.3, 0.4) is 0 Å². The number of halogens is 2. The van der Waals surface area contributed by atoms with Gasteiger partial charge in [0.05, 0.1) is 4.47 Å². The lowest BCUT2D eigenvalue weighted by Gasteiger charge is -2.19. The molecular weight excluding hydrogens is 321 g/mol. The van der Waals surface area contributed by atoms with Gasteiger partial charge in [-0.15, -0.1) is 0 Å². The van der Waals surface area contributed by atoms with E-state index in [1.165, 1.54) is 6.07 Å². The maximum absolute atomic E-state index is 13.4. The SMILES string of the molecule is CCNC(Cc1nccn1CC)c1ccc(F)c(Br)c1. The van der Waals surface area contributed by atoms with Crippen LogP contribution in [0.4, 0.5) is 4.39 Å². The van der Waals surface area contributed by atoms with Gasteiger partial charge in [-0.1, -0.05) is 13.0 Å². The number of imidazole rings is 1. The first kappa shape index (κ1) is 15.2. The zero-order valence-electron chi connectivity index (χ0n) is 11.7. The number of hydrogen-bond donors (Lipinski definition) is 1. The maximum atomic E-state index is 13.4. The summed E-state index contributed by atoms with van der Waals surface area (Å²) in [6, 6.07) is 5.29. The zero-order valence-corrected chi connectivity index (χ0v) is 13.3. The molecular formula is C15H19BrFN3. The van der Waals surface area contributed by atoms with E-state index < -0.39 is 0 Å². The quantitative estimate of drug-likeness (QED) is 0.869. The third-order valence-electron chi connectivity index (χ3n) is 3.33. The number of aromatic nitrogens is 2. The molecule has 1 aromatic carbocycles. The summed E-state index contributed by atoms with van der Waals surface area (Å²) in [7, 11) is 0. The molecule has 2 aromatic rings. The summed E-state index contributed by atoms with van der Waals surface area (Å²) in [6.45, 7) is 5.92. The van der Waals surface area contributed by atoms with Crippen LogP contribution >= 0.6 is 15.9 Å². The molecule has 1 heterocycles. The minimum atomic E-state index is -0.237. The van der Waals surface area contributed by atoms with Crippen molar-refractivity contribution in [2.75, 3.05) is 6.54 Å². The van der Waals surface area contributed by atoms with Crippen molar-refractivity contribution in [2.45, 2.75) is 32.9 Å². The van der Waals surface area contributed by atoms with Crippen LogP contribution in [0.1, 0.15) is 31.3 Å². The van der Waals surface area contributed by atoms with Gasteiger partial charge >= 0.3 is 0 Å². The van der Waals surface area contributed by atoms with Crippen molar-refractivity contribution >= 4 is 15.9 Å². The lowest BCUT2D eigenvalue weighted by Crippen LogP contribution is -2.24. The second-order valence-electron chi connectivity index (χ2n) is 4.62. The summed E-state index contributed by atoms with van der Waals surface area (Å²) in [6.07, 6.45) is 4.59. The number of benzene rings is 1. The highest BCUT2D eigenvalue weighted by Gasteiger charge is 2.15. The molecule has 0 saturated carbocycles. The van der Waals surface area contributed by atoms with E-state index in [1.807, 2.05) is 24.5 Å². The molecule has 0 aliphatic heterocycles. The first-order chi connectivity index (χ1) is 9.65. The molecule has 5 heteroatoms. The molecule has 0 spiro atoms. The molecule has 0 saturated heterocycles. The average molecular weight is 340 g/mol. The fourth-order valence-corrected chi connectivity index (χ4v) is 2.68. The first-order valence-corrected chi connectivity index (χ1v) is 7.63. The standard InChI is InChI=1S/C15H19BrFN3/c1-3-18-14(10-15-19-7-8-20(15)4-2)11-5-6-13(17)12(16)9-11/h5-9,14,18H,3-4,10H2,1-2H3. The Hall–Kier alpha value is -1.20. The molecule has 2 rings (SSSR count). The average Bonchev–Trinajstić information content (AvgIpc) is 2.88. The molecule has 1 N–H and O–H groups in total. The molecule has 0 radical (unpaired) electrons. The minimum absolute atomic E-state index is 0.129. The molecule has 3 nitrogen and oxygen atoms in total. The number of nitrogens with zero attached hydrogens (tertiary/aromatic N) is 2. The van der Waals surface area contributed by atoms with E-state index >= 15 is 0 Å². The summed E-state index contributed by atoms with van der Waals surface area (Å²) < 4.78 is 16.0. The lowest BCUT2D eigenvalue weighted by atomic mass is 10.0. The Morgan fingerprint density at radius 3 is 2.85 bits per heavy atom. The van der Waals surface area contributed by atoms with Gasteiger partial charge < -0.3 is 9.88 Å². The van der Waals surface area contributed by atoms with Gasteiger partial charge in [0.25, 0.3) is 0 Å². The number of rotatable bonds is 6. The number of aryl methyl sites for hydroxylation is 1. The highest BCUT2D eigenvalue weighted by atomic mass is 79.9. The van der Waals surface area contributed by atoms with E-state index in [0.717, 1.165) is 30.9 Å². The van der Waals surface area contributed by atoms with Gasteiger partial charge in [-0.2, -0.15) is 0 Å². The van der Waals surface area contributed by atoms with Crippen LogP contribution in [-0.2, 0) is 13.0 Å². The highest BCUT2D eigenvalue weighted by Crippen LogP contribution is 2.23. The molecule has 1 atom stereocenters. The van der Waals surface area contributed by atoms with E-state index in [2.05, 4.69) is 44.6 Å². The van der Waals surface area contributed by atoms with Crippen molar-refractivity contribution in [1.82, 2.24) is 14.9 Å². The normalized spacial score (nSPS) is 12.6. The van der Waals surface area contributed by atoms with Crippen LogP contribution in [0, 0.1) is 5.82 Å². The molecule has 0 bridgehead atoms. The van der Waals surface area contributed by atoms with E-state index in [-0.39, 0.29) is 11.9 Å². The first-order valence-electron chi connectivity index (χ1n) is 6.84. The second kappa shape index (κ2) is 6.99. The third-order valence-corrected chi connectivity index (χ3v) is 3.93. The third kappa shape index (κ3) is 3.46. The molecule has 0 aliphatic carbocycles. The summed E-state index contributed by atoms with van der Waals surface area (Å²) >= 11 is 3.25. The smallest absolute Gasteiger partial charge is 0.137 e. The Bertz CT molecular complexity index is 568. The van der Waals surface area contributed by atoms with Crippen molar-refractivity contribution in [1.29, 1.82) is 0 Å². The largest absolute Gasteiger partial charge is 0.335 e. The maximum Gasteiger partial charge on any atom is 0.137 e. The van der Waals surface area contributed by atoms with Gasteiger partial charge in [-0.3, -0.25) is 0 Å². The van der Waals surface area contributed by atoms with Crippen molar-refractivity contribution in [3.05, 3.63) is 52.3 Å². The van der Waals surface area contributed by atoms with Crippen LogP contribution in [0.5, 0.6) is 0 Å². The van der Waals surface area contributed by atoms with Gasteiger partial charge in [0, 0.05) is 31.4 Å². The van der Waals surface area contributed by atoms with E-state index in [9.17, 15) is 4.39 Å². The van der Waals surface area contributed by atoms with Gasteiger partial charge in [0.1, 0.15) is 11.6 Å². The lowest BCUT2D eigenvalue weighted by molar-refractivity contribution is 0.520. The fraction of sp³-hybridized carbons (Fsp3) is 0.400. The topological polar surface area (TPSA) is 29.9 Å². The van der Waals surface area contributed by atoms with Crippen molar-refractivity contribution in [2.24, 2.45) is 0 Å². The second-order valence-corrected chi connectivity index (χ2v) is 5.47. The Balaban J connectivity index is 2.24. The molecule has 1 aromatic heterocycles. The number of likely N-dealkylation sites (N-methyl/N-ethyl adjacent to an activating group) is 1. The van der Waals surface area contributed by atoms with Crippen molar-refractivity contribution < 1.29 is 4.39 Å². The van der Waals surface area contributed by atoms with Crippen LogP contribution in [0.25, 0.3) is 0 Å². The fourth-order valence-electron chi connectivity index (χ4n) is 2.28. The van der Waals surface area contributed by atoms with E-state index in [4.69, 9.17) is 0 Å². The predicted octanol–water partition coefficient (Wildman–Crippen LogP) is 3.70. The zero-order chi connectivity index (χ0) is 14.5. The summed E-state index contributed by atoms with van der Waals surface area (Å²) in [5, 5.41) is 3.44. The molecule has 1 unspecified atom stereocenters. The van der Waals surface area contributed by atoms with Crippen LogP contribution in [0.2, 0.25) is 0 Å². The van der Waals surface area contributed by atoms with Gasteiger partial charge in [0.15, 0.2) is 0 Å². The minimum Gasteiger partial charge on any atom is -0.335 e. The number of nitrogens with one attached hydrogen (secondary N) is 1. The molecule has 20 heavy (non-hydrogen) atoms. The van der Waals surface area contributed by atoms with Crippen LogP contribution in [-0.4, -0.2) is 16.1 Å². The van der Waals surface area contributed by atoms with Crippen molar-refractivity contribution in [3.63, 3.8) is 0 Å². The summed E-state index contributed by atoms with van der Waals surface area (Å²) in [5.41, 5.74) is 1.06. The Morgan fingerprint density at radius 2 is 2.20 bits per heavy atom. The molecule has 0 aliphatic rings. The van der Waals surface area contributed by atoms with Gasteiger partial charge in [-0.05, 0) is 47.1 Å². The van der Waals surface area contributed by atoms with Gasteiger partial charge in [-0.25, -0.2) is 9.37 Å². The summed E-state index contributed by atoms with van der Waals surface area (Å²) in [5.74, 6) is 0.804. The Morgan fingerprint density at radius 1 is 1.40 bits per heavy atom. The van der Waals surface area contributed by atoms with Crippen molar-refractivity contribution in [3.8, 4) is 0 Å². The molecule has 0 amide bonds. The van der Waals surface area contributed by atoms with Gasteiger partial charge in [0.2, 0.25) is 0 Å². The monoisotopic (exact) mass is 339 g/mol. The van der Waals surface area contributed by atoms with Crippen LogP contribution < -0.4 is 5.32 Å². The van der Waals surface area contributed by atoms with E-state index in [1.54, 1.807) is 0 Å². The Labute approximate surface area is 127 Å². The van der Waals surface area contributed by atoms with E-state index in [0.29, 0.717) is 4.47 Å². The molecule has 0 fully saturated rings. The predicted molar refractivity (Wildman–Crippen MR) is 82.1 cm³/mol. The van der Waals surface area contributed by atoms with Crippen LogP contribution in [0.15, 0.2) is 35.1 Å².